The molecule has 1 aliphatic carbocycles. The number of rotatable bonds is 7. The Kier molecular flexibility index (Phi) is 5.45. The van der Waals surface area contributed by atoms with Crippen molar-refractivity contribution in [1.29, 1.82) is 0 Å². The molecule has 1 unspecified atom stereocenters. The van der Waals surface area contributed by atoms with Crippen molar-refractivity contribution in [3.05, 3.63) is 34.4 Å². The number of hydrogen-bond acceptors (Lipinski definition) is 2. The molecule has 0 saturated heterocycles. The van der Waals surface area contributed by atoms with E-state index in [1.165, 1.54) is 48.1 Å². The van der Waals surface area contributed by atoms with Gasteiger partial charge in [0.1, 0.15) is 0 Å². The van der Waals surface area contributed by atoms with E-state index in [0.29, 0.717) is 6.04 Å². The SMILES string of the molecule is Cc1cc(C)c(C(CN)N(CCC(C)C)C2CC2)c(C)c1. The number of aryl methyl sites for hydroxylation is 3. The zero-order chi connectivity index (χ0) is 15.6. The van der Waals surface area contributed by atoms with Crippen LogP contribution in [0.15, 0.2) is 12.1 Å². The lowest BCUT2D eigenvalue weighted by molar-refractivity contribution is 0.180. The Morgan fingerprint density at radius 2 is 1.71 bits per heavy atom. The Balaban J connectivity index is 2.28. The maximum absolute atomic E-state index is 6.21. The van der Waals surface area contributed by atoms with Gasteiger partial charge in [-0.05, 0) is 69.2 Å². The van der Waals surface area contributed by atoms with Gasteiger partial charge in [0.15, 0.2) is 0 Å². The average Bonchev–Trinajstić information content (AvgIpc) is 3.19. The van der Waals surface area contributed by atoms with E-state index >= 15 is 0 Å². The Morgan fingerprint density at radius 3 is 2.14 bits per heavy atom. The summed E-state index contributed by atoms with van der Waals surface area (Å²) in [6, 6.07) is 5.76. The van der Waals surface area contributed by atoms with E-state index in [1.54, 1.807) is 0 Å². The quantitative estimate of drug-likeness (QED) is 0.817. The van der Waals surface area contributed by atoms with Crippen molar-refractivity contribution in [3.63, 3.8) is 0 Å². The molecule has 1 aromatic rings. The van der Waals surface area contributed by atoms with Crippen LogP contribution in [-0.4, -0.2) is 24.0 Å². The Hall–Kier alpha value is -0.860. The second-order valence-corrected chi connectivity index (χ2v) is 7.22. The number of benzene rings is 1. The predicted molar refractivity (Wildman–Crippen MR) is 91.6 cm³/mol. The third kappa shape index (κ3) is 4.08. The van der Waals surface area contributed by atoms with Crippen molar-refractivity contribution < 1.29 is 0 Å². The fourth-order valence-electron chi connectivity index (χ4n) is 3.54. The highest BCUT2D eigenvalue weighted by atomic mass is 15.2. The summed E-state index contributed by atoms with van der Waals surface area (Å²) in [4.78, 5) is 2.69. The highest BCUT2D eigenvalue weighted by Gasteiger charge is 2.34. The second-order valence-electron chi connectivity index (χ2n) is 7.22. The van der Waals surface area contributed by atoms with Crippen LogP contribution in [0.1, 0.15) is 61.4 Å². The molecule has 0 heterocycles. The molecule has 118 valence electrons. The van der Waals surface area contributed by atoms with Crippen LogP contribution in [0.2, 0.25) is 0 Å². The van der Waals surface area contributed by atoms with Crippen LogP contribution in [0.25, 0.3) is 0 Å². The molecule has 21 heavy (non-hydrogen) atoms. The lowest BCUT2D eigenvalue weighted by atomic mass is 9.92. The van der Waals surface area contributed by atoms with Gasteiger partial charge in [-0.25, -0.2) is 0 Å². The van der Waals surface area contributed by atoms with Crippen molar-refractivity contribution in [2.24, 2.45) is 11.7 Å². The van der Waals surface area contributed by atoms with Crippen molar-refractivity contribution in [2.75, 3.05) is 13.1 Å². The number of nitrogens with zero attached hydrogens (tertiary/aromatic N) is 1. The second kappa shape index (κ2) is 6.93. The van der Waals surface area contributed by atoms with Crippen molar-refractivity contribution in [2.45, 2.75) is 66.0 Å². The normalized spacial score (nSPS) is 16.8. The van der Waals surface area contributed by atoms with Gasteiger partial charge in [-0.1, -0.05) is 31.5 Å². The summed E-state index contributed by atoms with van der Waals surface area (Å²) in [6.07, 6.45) is 3.95. The molecular formula is C19H32N2. The minimum atomic E-state index is 0.386. The smallest absolute Gasteiger partial charge is 0.0478 e. The first-order chi connectivity index (χ1) is 9.93. The van der Waals surface area contributed by atoms with E-state index < -0.39 is 0 Å². The summed E-state index contributed by atoms with van der Waals surface area (Å²) in [6.45, 7) is 13.2. The van der Waals surface area contributed by atoms with Crippen LogP contribution < -0.4 is 5.73 Å². The molecule has 0 aromatic heterocycles. The van der Waals surface area contributed by atoms with Gasteiger partial charge < -0.3 is 5.73 Å². The molecule has 1 saturated carbocycles. The summed E-state index contributed by atoms with van der Waals surface area (Å²) in [7, 11) is 0. The Morgan fingerprint density at radius 1 is 1.14 bits per heavy atom. The highest BCUT2D eigenvalue weighted by molar-refractivity contribution is 5.40. The van der Waals surface area contributed by atoms with Gasteiger partial charge in [0, 0.05) is 18.6 Å². The number of nitrogens with two attached hydrogens (primary N) is 1. The molecule has 0 bridgehead atoms. The average molecular weight is 288 g/mol. The van der Waals surface area contributed by atoms with E-state index in [2.05, 4.69) is 51.7 Å². The van der Waals surface area contributed by atoms with E-state index in [-0.39, 0.29) is 0 Å². The third-order valence-corrected chi connectivity index (χ3v) is 4.68. The first-order valence-corrected chi connectivity index (χ1v) is 8.47. The molecule has 2 N–H and O–H groups in total. The monoisotopic (exact) mass is 288 g/mol. The van der Waals surface area contributed by atoms with Crippen molar-refractivity contribution in [1.82, 2.24) is 4.90 Å². The zero-order valence-electron chi connectivity index (χ0n) is 14.4. The van der Waals surface area contributed by atoms with Crippen LogP contribution in [-0.2, 0) is 0 Å². The van der Waals surface area contributed by atoms with Crippen LogP contribution in [0.5, 0.6) is 0 Å². The molecule has 0 amide bonds. The standard InChI is InChI=1S/C19H32N2/c1-13(2)8-9-21(17-6-7-17)18(12-20)19-15(4)10-14(3)11-16(19)5/h10-11,13,17-18H,6-9,12,20H2,1-5H3. The molecule has 1 aromatic carbocycles. The van der Waals surface area contributed by atoms with E-state index in [4.69, 9.17) is 5.73 Å². The summed E-state index contributed by atoms with van der Waals surface area (Å²) in [5, 5.41) is 0. The fourth-order valence-corrected chi connectivity index (χ4v) is 3.54. The zero-order valence-corrected chi connectivity index (χ0v) is 14.4. The lowest BCUT2D eigenvalue weighted by Gasteiger charge is -2.34. The van der Waals surface area contributed by atoms with Gasteiger partial charge in [0.2, 0.25) is 0 Å². The van der Waals surface area contributed by atoms with Crippen LogP contribution in [0.4, 0.5) is 0 Å². The first-order valence-electron chi connectivity index (χ1n) is 8.47. The maximum Gasteiger partial charge on any atom is 0.0478 e. The van der Waals surface area contributed by atoms with Gasteiger partial charge in [-0.3, -0.25) is 4.90 Å². The van der Waals surface area contributed by atoms with Gasteiger partial charge in [-0.2, -0.15) is 0 Å². The first kappa shape index (κ1) is 16.5. The number of hydrogen-bond donors (Lipinski definition) is 1. The summed E-state index contributed by atoms with van der Waals surface area (Å²) >= 11 is 0. The summed E-state index contributed by atoms with van der Waals surface area (Å²) < 4.78 is 0. The van der Waals surface area contributed by atoms with Gasteiger partial charge >= 0.3 is 0 Å². The molecule has 1 atom stereocenters. The van der Waals surface area contributed by atoms with E-state index in [0.717, 1.165) is 18.5 Å². The summed E-state index contributed by atoms with van der Waals surface area (Å²) in [5.74, 6) is 0.755. The highest BCUT2D eigenvalue weighted by Crippen LogP contribution is 2.36. The Bertz CT molecular complexity index is 451. The fraction of sp³-hybridized carbons (Fsp3) is 0.684. The van der Waals surface area contributed by atoms with E-state index in [9.17, 15) is 0 Å². The maximum atomic E-state index is 6.21. The minimum absolute atomic E-state index is 0.386. The molecule has 1 fully saturated rings. The molecular weight excluding hydrogens is 256 g/mol. The topological polar surface area (TPSA) is 29.3 Å². The minimum Gasteiger partial charge on any atom is -0.329 e. The molecule has 2 rings (SSSR count). The van der Waals surface area contributed by atoms with Crippen LogP contribution >= 0.6 is 0 Å². The molecule has 0 spiro atoms. The third-order valence-electron chi connectivity index (χ3n) is 4.68. The lowest BCUT2D eigenvalue weighted by Crippen LogP contribution is -2.37. The van der Waals surface area contributed by atoms with Crippen molar-refractivity contribution >= 4 is 0 Å². The Labute approximate surface area is 130 Å². The molecule has 2 heteroatoms. The largest absolute Gasteiger partial charge is 0.329 e. The summed E-state index contributed by atoms with van der Waals surface area (Å²) in [5.41, 5.74) is 11.8. The molecule has 2 nitrogen and oxygen atoms in total. The van der Waals surface area contributed by atoms with Crippen LogP contribution in [0, 0.1) is 26.7 Å². The molecule has 0 aliphatic heterocycles. The predicted octanol–water partition coefficient (Wildman–Crippen LogP) is 4.12. The molecule has 1 aliphatic rings. The van der Waals surface area contributed by atoms with Gasteiger partial charge in [0.25, 0.3) is 0 Å². The molecule has 0 radical (unpaired) electrons. The van der Waals surface area contributed by atoms with E-state index in [1.807, 2.05) is 0 Å². The van der Waals surface area contributed by atoms with Crippen LogP contribution in [0.3, 0.4) is 0 Å². The van der Waals surface area contributed by atoms with Gasteiger partial charge in [-0.15, -0.1) is 0 Å². The van der Waals surface area contributed by atoms with Gasteiger partial charge in [0.05, 0.1) is 0 Å². The van der Waals surface area contributed by atoms with Crippen molar-refractivity contribution in [3.8, 4) is 0 Å².